The number of aromatic nitrogens is 3. The fraction of sp³-hybridized carbons (Fsp3) is 0.0769. The van der Waals surface area contributed by atoms with E-state index in [1.165, 1.54) is 6.20 Å². The zero-order chi connectivity index (χ0) is 15.2. The van der Waals surface area contributed by atoms with Crippen LogP contribution >= 0.6 is 38.5 Å². The second kappa shape index (κ2) is 5.33. The minimum Gasteiger partial charge on any atom is -0.344 e. The van der Waals surface area contributed by atoms with Crippen molar-refractivity contribution in [1.82, 2.24) is 15.0 Å². The summed E-state index contributed by atoms with van der Waals surface area (Å²) in [5.41, 5.74) is 1.99. The van der Waals surface area contributed by atoms with Gasteiger partial charge in [-0.3, -0.25) is 0 Å². The van der Waals surface area contributed by atoms with Crippen LogP contribution in [-0.4, -0.2) is 23.4 Å². The average molecular weight is 478 g/mol. The molecule has 1 aromatic carbocycles. The molecule has 108 valence electrons. The van der Waals surface area contributed by atoms with Crippen molar-refractivity contribution in [1.29, 1.82) is 0 Å². The van der Waals surface area contributed by atoms with Crippen LogP contribution in [0.2, 0.25) is 0 Å². The molecule has 0 amide bonds. The van der Waals surface area contributed by atoms with Crippen LogP contribution in [0.25, 0.3) is 11.2 Å². The number of benzene rings is 1. The molecule has 3 rings (SSSR count). The number of nitrogens with one attached hydrogen (secondary N) is 1. The van der Waals surface area contributed by atoms with Crippen molar-refractivity contribution >= 4 is 59.5 Å². The van der Waals surface area contributed by atoms with E-state index >= 15 is 0 Å². The Morgan fingerprint density at radius 1 is 1.33 bits per heavy atom. The van der Waals surface area contributed by atoms with E-state index in [0.717, 1.165) is 9.13 Å². The zero-order valence-electron chi connectivity index (χ0n) is 10.8. The first-order valence-electron chi connectivity index (χ1n) is 5.90. The van der Waals surface area contributed by atoms with Crippen molar-refractivity contribution in [2.75, 3.05) is 0 Å². The summed E-state index contributed by atoms with van der Waals surface area (Å²) < 4.78 is 26.8. The van der Waals surface area contributed by atoms with E-state index in [1.807, 2.05) is 13.0 Å². The van der Waals surface area contributed by atoms with Crippen LogP contribution in [-0.2, 0) is 9.84 Å². The first-order valence-corrected chi connectivity index (χ1v) is 9.26. The molecule has 0 unspecified atom stereocenters. The topological polar surface area (TPSA) is 75.7 Å². The number of nitrogens with zero attached hydrogens (tertiary/aromatic N) is 2. The van der Waals surface area contributed by atoms with Crippen LogP contribution in [0.5, 0.6) is 0 Å². The zero-order valence-corrected chi connectivity index (χ0v) is 15.3. The number of rotatable bonds is 2. The molecule has 5 nitrogen and oxygen atoms in total. The molecule has 0 aliphatic carbocycles. The van der Waals surface area contributed by atoms with E-state index in [9.17, 15) is 8.42 Å². The van der Waals surface area contributed by atoms with Gasteiger partial charge in [-0.05, 0) is 63.1 Å². The van der Waals surface area contributed by atoms with Crippen molar-refractivity contribution in [3.63, 3.8) is 0 Å². The van der Waals surface area contributed by atoms with Gasteiger partial charge in [-0.1, -0.05) is 6.07 Å². The standard InChI is InChI=1S/C13H9BrIN3O2S/c1-7-2-3-8(14)10(4-7)21(19,20)11-6-17-13-12(18-11)9(15)5-16-13/h2-6H,1H3,(H,16,17). The van der Waals surface area contributed by atoms with Crippen LogP contribution in [0.15, 0.2) is 45.0 Å². The normalized spacial score (nSPS) is 12.0. The highest BCUT2D eigenvalue weighted by Crippen LogP contribution is 2.28. The van der Waals surface area contributed by atoms with Crippen LogP contribution in [0.3, 0.4) is 0 Å². The molecule has 2 heterocycles. The molecule has 0 saturated heterocycles. The number of aryl methyl sites for hydroxylation is 1. The van der Waals surface area contributed by atoms with E-state index in [1.54, 1.807) is 18.3 Å². The third-order valence-corrected chi connectivity index (χ3v) is 6.40. The summed E-state index contributed by atoms with van der Waals surface area (Å²) >= 11 is 5.37. The van der Waals surface area contributed by atoms with Gasteiger partial charge in [0.15, 0.2) is 10.7 Å². The van der Waals surface area contributed by atoms with E-state index in [2.05, 4.69) is 53.5 Å². The highest BCUT2D eigenvalue weighted by atomic mass is 127. The van der Waals surface area contributed by atoms with Gasteiger partial charge in [-0.25, -0.2) is 18.4 Å². The van der Waals surface area contributed by atoms with Gasteiger partial charge in [0.05, 0.1) is 14.7 Å². The molecule has 0 fully saturated rings. The first-order chi connectivity index (χ1) is 9.89. The van der Waals surface area contributed by atoms with Gasteiger partial charge in [0.25, 0.3) is 0 Å². The number of aromatic amines is 1. The molecule has 8 heteroatoms. The molecule has 2 aromatic heterocycles. The lowest BCUT2D eigenvalue weighted by molar-refractivity contribution is 0.591. The van der Waals surface area contributed by atoms with Crippen molar-refractivity contribution in [2.24, 2.45) is 0 Å². The Labute approximate surface area is 143 Å². The van der Waals surface area contributed by atoms with Crippen LogP contribution < -0.4 is 0 Å². The lowest BCUT2D eigenvalue weighted by atomic mass is 10.2. The van der Waals surface area contributed by atoms with Gasteiger partial charge >= 0.3 is 0 Å². The summed E-state index contributed by atoms with van der Waals surface area (Å²) in [4.78, 5) is 11.5. The van der Waals surface area contributed by atoms with Crippen LogP contribution in [0.1, 0.15) is 5.56 Å². The smallest absolute Gasteiger partial charge is 0.226 e. The highest BCUT2D eigenvalue weighted by Gasteiger charge is 2.23. The predicted molar refractivity (Wildman–Crippen MR) is 90.9 cm³/mol. The SMILES string of the molecule is Cc1ccc(Br)c(S(=O)(=O)c2cnc3[nH]cc(I)c3n2)c1. The highest BCUT2D eigenvalue weighted by molar-refractivity contribution is 14.1. The summed E-state index contributed by atoms with van der Waals surface area (Å²) in [6.45, 7) is 1.84. The van der Waals surface area contributed by atoms with E-state index in [-0.39, 0.29) is 9.92 Å². The molecule has 0 spiro atoms. The van der Waals surface area contributed by atoms with E-state index in [4.69, 9.17) is 0 Å². The average Bonchev–Trinajstić information content (AvgIpc) is 2.82. The van der Waals surface area contributed by atoms with Crippen LogP contribution in [0.4, 0.5) is 0 Å². The molecular formula is C13H9BrIN3O2S. The molecule has 0 bridgehead atoms. The fourth-order valence-electron chi connectivity index (χ4n) is 1.90. The Morgan fingerprint density at radius 3 is 2.86 bits per heavy atom. The third kappa shape index (κ3) is 2.59. The number of halogens is 2. The lowest BCUT2D eigenvalue weighted by Crippen LogP contribution is -2.06. The van der Waals surface area contributed by atoms with Gasteiger partial charge in [0.2, 0.25) is 9.84 Å². The maximum absolute atomic E-state index is 12.7. The second-order valence-corrected chi connectivity index (χ2v) is 8.36. The first kappa shape index (κ1) is 14.9. The fourth-order valence-corrected chi connectivity index (χ4v) is 4.62. The molecule has 0 aliphatic rings. The number of fused-ring (bicyclic) bond motifs is 1. The summed E-state index contributed by atoms with van der Waals surface area (Å²) in [6, 6.07) is 5.18. The molecular weight excluding hydrogens is 469 g/mol. The van der Waals surface area contributed by atoms with Gasteiger partial charge in [0.1, 0.15) is 5.52 Å². The maximum atomic E-state index is 12.7. The maximum Gasteiger partial charge on any atom is 0.226 e. The quantitative estimate of drug-likeness (QED) is 0.573. The summed E-state index contributed by atoms with van der Waals surface area (Å²) in [6.07, 6.45) is 3.02. The molecule has 0 atom stereocenters. The Morgan fingerprint density at radius 2 is 2.10 bits per heavy atom. The molecule has 21 heavy (non-hydrogen) atoms. The molecule has 3 aromatic rings. The Bertz CT molecular complexity index is 953. The summed E-state index contributed by atoms with van der Waals surface area (Å²) in [5, 5.41) is -0.0567. The number of hydrogen-bond donors (Lipinski definition) is 1. The minimum atomic E-state index is -3.72. The summed E-state index contributed by atoms with van der Waals surface area (Å²) in [5.74, 6) is 0. The van der Waals surface area contributed by atoms with Crippen molar-refractivity contribution in [3.05, 3.63) is 44.2 Å². The number of sulfone groups is 1. The van der Waals surface area contributed by atoms with Crippen molar-refractivity contribution < 1.29 is 8.42 Å². The number of hydrogen-bond acceptors (Lipinski definition) is 4. The van der Waals surface area contributed by atoms with Crippen LogP contribution in [0, 0.1) is 10.5 Å². The van der Waals surface area contributed by atoms with Gasteiger partial charge in [-0.15, -0.1) is 0 Å². The Kier molecular flexibility index (Phi) is 3.78. The lowest BCUT2D eigenvalue weighted by Gasteiger charge is -2.07. The number of H-pyrrole nitrogens is 1. The van der Waals surface area contributed by atoms with Gasteiger partial charge in [0, 0.05) is 10.7 Å². The largest absolute Gasteiger partial charge is 0.344 e. The molecule has 0 aliphatic heterocycles. The van der Waals surface area contributed by atoms with Crippen molar-refractivity contribution in [2.45, 2.75) is 16.8 Å². The third-order valence-electron chi connectivity index (χ3n) is 2.96. The van der Waals surface area contributed by atoms with Gasteiger partial charge < -0.3 is 4.98 Å². The minimum absolute atomic E-state index is 0.0567. The molecule has 0 radical (unpaired) electrons. The monoisotopic (exact) mass is 477 g/mol. The van der Waals surface area contributed by atoms with Gasteiger partial charge in [-0.2, -0.15) is 0 Å². The Hall–Kier alpha value is -1.00. The van der Waals surface area contributed by atoms with E-state index in [0.29, 0.717) is 15.6 Å². The Balaban J connectivity index is 2.24. The summed E-state index contributed by atoms with van der Waals surface area (Å²) in [7, 11) is -3.72. The molecule has 0 saturated carbocycles. The second-order valence-electron chi connectivity index (χ2n) is 4.48. The predicted octanol–water partition coefficient (Wildman–Crippen LogP) is 3.47. The van der Waals surface area contributed by atoms with E-state index < -0.39 is 9.84 Å². The van der Waals surface area contributed by atoms with Crippen molar-refractivity contribution in [3.8, 4) is 0 Å². The molecule has 1 N–H and O–H groups in total.